The van der Waals surface area contributed by atoms with Crippen molar-refractivity contribution >= 4 is 11.3 Å². The van der Waals surface area contributed by atoms with Gasteiger partial charge in [0, 0.05) is 30.9 Å². The largest absolute Gasteiger partial charge is 0.337 e. The Labute approximate surface area is 87.2 Å². The Morgan fingerprint density at radius 3 is 3.00 bits per heavy atom. The van der Waals surface area contributed by atoms with Crippen molar-refractivity contribution < 1.29 is 0 Å². The molecule has 0 amide bonds. The van der Waals surface area contributed by atoms with Crippen LogP contribution in [0.5, 0.6) is 0 Å². The highest BCUT2D eigenvalue weighted by molar-refractivity contribution is 7.10. The van der Waals surface area contributed by atoms with Gasteiger partial charge in [0.2, 0.25) is 0 Å². The molecule has 2 aromatic rings. The number of nitrogens with two attached hydrogens (primary N) is 1. The van der Waals surface area contributed by atoms with E-state index in [1.165, 1.54) is 4.88 Å². The molecular formula is C10H13N3S. The summed E-state index contributed by atoms with van der Waals surface area (Å²) in [7, 11) is 2.00. The topological polar surface area (TPSA) is 43.8 Å². The number of hydrogen-bond donors (Lipinski definition) is 1. The van der Waals surface area contributed by atoms with E-state index in [0.717, 1.165) is 5.82 Å². The quantitative estimate of drug-likeness (QED) is 0.830. The zero-order valence-corrected chi connectivity index (χ0v) is 8.87. The van der Waals surface area contributed by atoms with Crippen LogP contribution in [0.15, 0.2) is 29.9 Å². The molecule has 0 aliphatic carbocycles. The highest BCUT2D eigenvalue weighted by atomic mass is 32.1. The van der Waals surface area contributed by atoms with Crippen molar-refractivity contribution in [1.29, 1.82) is 0 Å². The van der Waals surface area contributed by atoms with Gasteiger partial charge in [0.15, 0.2) is 0 Å². The van der Waals surface area contributed by atoms with Gasteiger partial charge >= 0.3 is 0 Å². The van der Waals surface area contributed by atoms with E-state index in [1.54, 1.807) is 11.3 Å². The summed E-state index contributed by atoms with van der Waals surface area (Å²) in [5.74, 6) is 1.27. The van der Waals surface area contributed by atoms with Crippen molar-refractivity contribution in [3.8, 4) is 0 Å². The van der Waals surface area contributed by atoms with E-state index in [2.05, 4.69) is 16.4 Å². The third-order valence-corrected chi connectivity index (χ3v) is 3.28. The minimum Gasteiger partial charge on any atom is -0.337 e. The molecule has 4 heteroatoms. The molecule has 0 radical (unpaired) electrons. The average molecular weight is 207 g/mol. The summed E-state index contributed by atoms with van der Waals surface area (Å²) in [6.45, 7) is 0.603. The van der Waals surface area contributed by atoms with Crippen molar-refractivity contribution in [1.82, 2.24) is 9.55 Å². The van der Waals surface area contributed by atoms with Crippen LogP contribution in [0.2, 0.25) is 0 Å². The van der Waals surface area contributed by atoms with Crippen LogP contribution >= 0.6 is 11.3 Å². The van der Waals surface area contributed by atoms with Gasteiger partial charge in [-0.25, -0.2) is 4.98 Å². The number of thiophene rings is 1. The van der Waals surface area contributed by atoms with Gasteiger partial charge in [0.05, 0.1) is 5.92 Å². The highest BCUT2D eigenvalue weighted by Gasteiger charge is 2.16. The lowest BCUT2D eigenvalue weighted by molar-refractivity contribution is 0.707. The summed E-state index contributed by atoms with van der Waals surface area (Å²) < 4.78 is 2.03. The molecule has 14 heavy (non-hydrogen) atoms. The molecule has 74 valence electrons. The zero-order valence-electron chi connectivity index (χ0n) is 8.05. The molecule has 2 N–H and O–H groups in total. The van der Waals surface area contributed by atoms with Gasteiger partial charge in [-0.3, -0.25) is 0 Å². The second kappa shape index (κ2) is 3.94. The molecule has 2 rings (SSSR count). The number of rotatable bonds is 3. The number of hydrogen-bond acceptors (Lipinski definition) is 3. The van der Waals surface area contributed by atoms with Crippen LogP contribution in [0.4, 0.5) is 0 Å². The van der Waals surface area contributed by atoms with E-state index in [0.29, 0.717) is 6.54 Å². The Kier molecular flexibility index (Phi) is 2.65. The fraction of sp³-hybridized carbons (Fsp3) is 0.300. The number of aryl methyl sites for hydroxylation is 1. The van der Waals surface area contributed by atoms with Crippen molar-refractivity contribution in [2.45, 2.75) is 5.92 Å². The van der Waals surface area contributed by atoms with E-state index in [1.807, 2.05) is 30.1 Å². The molecule has 0 aliphatic rings. The molecule has 2 aromatic heterocycles. The minimum absolute atomic E-state index is 0.231. The van der Waals surface area contributed by atoms with Crippen LogP contribution in [0.3, 0.4) is 0 Å². The molecule has 2 heterocycles. The predicted octanol–water partition coefficient (Wildman–Crippen LogP) is 1.57. The normalized spacial score (nSPS) is 13.0. The molecule has 1 atom stereocenters. The number of nitrogens with zero attached hydrogens (tertiary/aromatic N) is 2. The number of imidazole rings is 1. The molecular weight excluding hydrogens is 194 g/mol. The van der Waals surface area contributed by atoms with Gasteiger partial charge in [-0.2, -0.15) is 0 Å². The Bertz CT molecular complexity index is 391. The molecule has 0 fully saturated rings. The maximum Gasteiger partial charge on any atom is 0.118 e. The van der Waals surface area contributed by atoms with Crippen LogP contribution in [-0.4, -0.2) is 16.1 Å². The zero-order chi connectivity index (χ0) is 9.97. The van der Waals surface area contributed by atoms with Crippen LogP contribution < -0.4 is 5.73 Å². The Hall–Kier alpha value is -1.13. The molecule has 3 nitrogen and oxygen atoms in total. The van der Waals surface area contributed by atoms with Gasteiger partial charge in [0.25, 0.3) is 0 Å². The first-order valence-corrected chi connectivity index (χ1v) is 5.41. The van der Waals surface area contributed by atoms with Crippen LogP contribution in [0.25, 0.3) is 0 Å². The van der Waals surface area contributed by atoms with Gasteiger partial charge in [0.1, 0.15) is 5.82 Å². The van der Waals surface area contributed by atoms with E-state index in [-0.39, 0.29) is 5.92 Å². The molecule has 0 bridgehead atoms. The SMILES string of the molecule is Cn1ccnc1C(CN)c1cccs1. The van der Waals surface area contributed by atoms with Gasteiger partial charge in [-0.1, -0.05) is 6.07 Å². The lowest BCUT2D eigenvalue weighted by Crippen LogP contribution is -2.16. The fourth-order valence-corrected chi connectivity index (χ4v) is 2.39. The lowest BCUT2D eigenvalue weighted by Gasteiger charge is -2.12. The van der Waals surface area contributed by atoms with Crippen molar-refractivity contribution in [3.05, 3.63) is 40.6 Å². The smallest absolute Gasteiger partial charge is 0.118 e. The molecule has 0 spiro atoms. The second-order valence-corrected chi connectivity index (χ2v) is 4.18. The summed E-state index contributed by atoms with van der Waals surface area (Å²) >= 11 is 1.73. The summed E-state index contributed by atoms with van der Waals surface area (Å²) in [5.41, 5.74) is 5.78. The van der Waals surface area contributed by atoms with E-state index in [9.17, 15) is 0 Å². The second-order valence-electron chi connectivity index (χ2n) is 3.20. The van der Waals surface area contributed by atoms with Crippen LogP contribution in [0, 0.1) is 0 Å². The first-order chi connectivity index (χ1) is 6.83. The first kappa shape index (κ1) is 9.43. The maximum atomic E-state index is 5.78. The molecule has 1 unspecified atom stereocenters. The van der Waals surface area contributed by atoms with E-state index < -0.39 is 0 Å². The lowest BCUT2D eigenvalue weighted by atomic mass is 10.1. The fourth-order valence-electron chi connectivity index (χ4n) is 1.55. The van der Waals surface area contributed by atoms with Gasteiger partial charge in [-0.05, 0) is 11.4 Å². The summed E-state index contributed by atoms with van der Waals surface area (Å²) in [6, 6.07) is 4.16. The van der Waals surface area contributed by atoms with Crippen LogP contribution in [-0.2, 0) is 7.05 Å². The Morgan fingerprint density at radius 1 is 1.64 bits per heavy atom. The van der Waals surface area contributed by atoms with E-state index in [4.69, 9.17) is 5.73 Å². The van der Waals surface area contributed by atoms with Crippen molar-refractivity contribution in [3.63, 3.8) is 0 Å². The standard InChI is InChI=1S/C10H13N3S/c1-13-5-4-12-10(13)8(7-11)9-3-2-6-14-9/h2-6,8H,7,11H2,1H3. The maximum absolute atomic E-state index is 5.78. The summed E-state index contributed by atoms with van der Waals surface area (Å²) in [6.07, 6.45) is 3.76. The van der Waals surface area contributed by atoms with Crippen LogP contribution in [0.1, 0.15) is 16.6 Å². The average Bonchev–Trinajstić information content (AvgIpc) is 2.80. The Balaban J connectivity index is 2.36. The monoisotopic (exact) mass is 207 g/mol. The number of aromatic nitrogens is 2. The summed E-state index contributed by atoms with van der Waals surface area (Å²) in [5, 5.41) is 2.07. The molecule has 0 aliphatic heterocycles. The minimum atomic E-state index is 0.231. The molecule has 0 aromatic carbocycles. The van der Waals surface area contributed by atoms with Crippen molar-refractivity contribution in [2.75, 3.05) is 6.54 Å². The molecule has 0 saturated heterocycles. The highest BCUT2D eigenvalue weighted by Crippen LogP contribution is 2.25. The third kappa shape index (κ3) is 1.58. The summed E-state index contributed by atoms with van der Waals surface area (Å²) in [4.78, 5) is 5.61. The van der Waals surface area contributed by atoms with Gasteiger partial charge in [-0.15, -0.1) is 11.3 Å². The van der Waals surface area contributed by atoms with Crippen molar-refractivity contribution in [2.24, 2.45) is 12.8 Å². The van der Waals surface area contributed by atoms with E-state index >= 15 is 0 Å². The predicted molar refractivity (Wildman–Crippen MR) is 58.4 cm³/mol. The third-order valence-electron chi connectivity index (χ3n) is 2.29. The Morgan fingerprint density at radius 2 is 2.50 bits per heavy atom. The van der Waals surface area contributed by atoms with Gasteiger partial charge < -0.3 is 10.3 Å². The molecule has 0 saturated carbocycles. The first-order valence-electron chi connectivity index (χ1n) is 4.53.